The SMILES string of the molecule is CCCS(=O)(=O)N(C)CCCO. The fraction of sp³-hybridized carbons (Fsp3) is 1.00. The molecule has 0 aromatic heterocycles. The van der Waals surface area contributed by atoms with E-state index in [0.29, 0.717) is 19.4 Å². The number of nitrogens with zero attached hydrogens (tertiary/aromatic N) is 1. The van der Waals surface area contributed by atoms with Crippen LogP contribution in [0.25, 0.3) is 0 Å². The summed E-state index contributed by atoms with van der Waals surface area (Å²) in [5, 5.41) is 8.49. The lowest BCUT2D eigenvalue weighted by atomic mass is 10.5. The van der Waals surface area contributed by atoms with Gasteiger partial charge in [0.2, 0.25) is 10.0 Å². The number of rotatable bonds is 6. The van der Waals surface area contributed by atoms with Crippen LogP contribution in [0.3, 0.4) is 0 Å². The zero-order valence-corrected chi connectivity index (χ0v) is 8.47. The first-order valence-electron chi connectivity index (χ1n) is 4.09. The summed E-state index contributed by atoms with van der Waals surface area (Å²) >= 11 is 0. The first-order chi connectivity index (χ1) is 5.54. The van der Waals surface area contributed by atoms with E-state index in [1.54, 1.807) is 7.05 Å². The van der Waals surface area contributed by atoms with E-state index in [1.807, 2.05) is 6.92 Å². The molecule has 0 aliphatic heterocycles. The van der Waals surface area contributed by atoms with Gasteiger partial charge in [-0.1, -0.05) is 6.92 Å². The standard InChI is InChI=1S/C7H17NO3S/c1-3-7-12(10,11)8(2)5-4-6-9/h9H,3-7H2,1-2H3. The highest BCUT2D eigenvalue weighted by molar-refractivity contribution is 7.89. The lowest BCUT2D eigenvalue weighted by Gasteiger charge is -2.15. The molecule has 0 saturated carbocycles. The minimum Gasteiger partial charge on any atom is -0.396 e. The smallest absolute Gasteiger partial charge is 0.213 e. The fourth-order valence-electron chi connectivity index (χ4n) is 0.846. The van der Waals surface area contributed by atoms with Gasteiger partial charge in [0.1, 0.15) is 0 Å². The summed E-state index contributed by atoms with van der Waals surface area (Å²) < 4.78 is 23.9. The predicted octanol–water partition coefficient (Wildman–Crippen LogP) is 0.0404. The highest BCUT2D eigenvalue weighted by atomic mass is 32.2. The van der Waals surface area contributed by atoms with Crippen LogP contribution >= 0.6 is 0 Å². The Kier molecular flexibility index (Phi) is 5.44. The molecular weight excluding hydrogens is 178 g/mol. The lowest BCUT2D eigenvalue weighted by Crippen LogP contribution is -2.30. The van der Waals surface area contributed by atoms with Crippen LogP contribution in [-0.2, 0) is 10.0 Å². The Morgan fingerprint density at radius 2 is 2.00 bits per heavy atom. The molecule has 0 rings (SSSR count). The van der Waals surface area contributed by atoms with E-state index in [9.17, 15) is 8.42 Å². The second-order valence-electron chi connectivity index (χ2n) is 2.71. The van der Waals surface area contributed by atoms with E-state index in [2.05, 4.69) is 0 Å². The third-order valence-electron chi connectivity index (χ3n) is 1.57. The largest absolute Gasteiger partial charge is 0.396 e. The predicted molar refractivity (Wildman–Crippen MR) is 48.4 cm³/mol. The highest BCUT2D eigenvalue weighted by Gasteiger charge is 2.14. The fourth-order valence-corrected chi connectivity index (χ4v) is 2.08. The molecule has 0 aromatic rings. The number of hydrogen-bond donors (Lipinski definition) is 1. The van der Waals surface area contributed by atoms with E-state index < -0.39 is 10.0 Å². The van der Waals surface area contributed by atoms with Crippen LogP contribution in [0.1, 0.15) is 19.8 Å². The van der Waals surface area contributed by atoms with Gasteiger partial charge in [0, 0.05) is 20.2 Å². The number of hydrogen-bond acceptors (Lipinski definition) is 3. The normalized spacial score (nSPS) is 12.3. The second kappa shape index (κ2) is 5.50. The molecule has 0 aliphatic rings. The van der Waals surface area contributed by atoms with Crippen LogP contribution in [0, 0.1) is 0 Å². The van der Waals surface area contributed by atoms with Crippen molar-refractivity contribution in [1.82, 2.24) is 4.31 Å². The maximum atomic E-state index is 11.3. The van der Waals surface area contributed by atoms with Crippen LogP contribution in [0.2, 0.25) is 0 Å². The molecule has 0 unspecified atom stereocenters. The monoisotopic (exact) mass is 195 g/mol. The molecule has 0 amide bonds. The molecule has 0 bridgehead atoms. The van der Waals surface area contributed by atoms with Gasteiger partial charge >= 0.3 is 0 Å². The molecular formula is C7H17NO3S. The zero-order valence-electron chi connectivity index (χ0n) is 7.65. The summed E-state index contributed by atoms with van der Waals surface area (Å²) in [4.78, 5) is 0. The van der Waals surface area contributed by atoms with Crippen molar-refractivity contribution in [3.63, 3.8) is 0 Å². The molecule has 0 heterocycles. The number of aliphatic hydroxyl groups is 1. The molecule has 0 saturated heterocycles. The van der Waals surface area contributed by atoms with Crippen molar-refractivity contribution in [3.05, 3.63) is 0 Å². The van der Waals surface area contributed by atoms with Gasteiger partial charge in [-0.05, 0) is 12.8 Å². The Labute approximate surface area is 74.2 Å². The third kappa shape index (κ3) is 4.04. The quantitative estimate of drug-likeness (QED) is 0.651. The maximum absolute atomic E-state index is 11.3. The highest BCUT2D eigenvalue weighted by Crippen LogP contribution is 2.00. The van der Waals surface area contributed by atoms with Crippen molar-refractivity contribution >= 4 is 10.0 Å². The average molecular weight is 195 g/mol. The first kappa shape index (κ1) is 11.9. The number of sulfonamides is 1. The van der Waals surface area contributed by atoms with E-state index >= 15 is 0 Å². The van der Waals surface area contributed by atoms with Crippen LogP contribution in [-0.4, -0.2) is 43.8 Å². The molecule has 0 atom stereocenters. The Hall–Kier alpha value is -0.130. The van der Waals surface area contributed by atoms with Crippen molar-refractivity contribution in [2.45, 2.75) is 19.8 Å². The van der Waals surface area contributed by atoms with E-state index in [0.717, 1.165) is 0 Å². The van der Waals surface area contributed by atoms with Crippen molar-refractivity contribution in [2.24, 2.45) is 0 Å². The van der Waals surface area contributed by atoms with Crippen LogP contribution in [0.5, 0.6) is 0 Å². The van der Waals surface area contributed by atoms with Crippen LogP contribution in [0.15, 0.2) is 0 Å². The van der Waals surface area contributed by atoms with E-state index in [-0.39, 0.29) is 12.4 Å². The van der Waals surface area contributed by atoms with Gasteiger partial charge in [0.15, 0.2) is 0 Å². The Morgan fingerprint density at radius 1 is 1.42 bits per heavy atom. The molecule has 0 aromatic carbocycles. The topological polar surface area (TPSA) is 57.6 Å². The molecule has 0 spiro atoms. The van der Waals surface area contributed by atoms with Gasteiger partial charge in [0.25, 0.3) is 0 Å². The maximum Gasteiger partial charge on any atom is 0.213 e. The minimum atomic E-state index is -3.06. The summed E-state index contributed by atoms with van der Waals surface area (Å²) in [6.07, 6.45) is 1.13. The molecule has 0 radical (unpaired) electrons. The summed E-state index contributed by atoms with van der Waals surface area (Å²) in [5.41, 5.74) is 0. The van der Waals surface area contributed by atoms with E-state index in [4.69, 9.17) is 5.11 Å². The van der Waals surface area contributed by atoms with Gasteiger partial charge in [-0.3, -0.25) is 0 Å². The Morgan fingerprint density at radius 3 is 2.42 bits per heavy atom. The number of aliphatic hydroxyl groups excluding tert-OH is 1. The van der Waals surface area contributed by atoms with Gasteiger partial charge in [-0.25, -0.2) is 12.7 Å². The van der Waals surface area contributed by atoms with Crippen molar-refractivity contribution in [3.8, 4) is 0 Å². The van der Waals surface area contributed by atoms with Crippen LogP contribution in [0.4, 0.5) is 0 Å². The van der Waals surface area contributed by atoms with Crippen molar-refractivity contribution in [1.29, 1.82) is 0 Å². The van der Waals surface area contributed by atoms with E-state index in [1.165, 1.54) is 4.31 Å². The first-order valence-corrected chi connectivity index (χ1v) is 5.70. The van der Waals surface area contributed by atoms with Crippen LogP contribution < -0.4 is 0 Å². The molecule has 0 aliphatic carbocycles. The van der Waals surface area contributed by atoms with Gasteiger partial charge in [-0.15, -0.1) is 0 Å². The lowest BCUT2D eigenvalue weighted by molar-refractivity contribution is 0.275. The van der Waals surface area contributed by atoms with Crippen molar-refractivity contribution in [2.75, 3.05) is 26.0 Å². The summed E-state index contributed by atoms with van der Waals surface area (Å²) in [6.45, 7) is 2.27. The molecule has 4 nitrogen and oxygen atoms in total. The summed E-state index contributed by atoms with van der Waals surface area (Å²) in [5.74, 6) is 0.189. The molecule has 74 valence electrons. The second-order valence-corrected chi connectivity index (χ2v) is 4.91. The molecule has 0 fully saturated rings. The summed E-state index contributed by atoms with van der Waals surface area (Å²) in [6, 6.07) is 0. The zero-order chi connectivity index (χ0) is 9.61. The average Bonchev–Trinajstić information content (AvgIpc) is 2.00. The van der Waals surface area contributed by atoms with Gasteiger partial charge in [-0.2, -0.15) is 0 Å². The molecule has 1 N–H and O–H groups in total. The third-order valence-corrected chi connectivity index (χ3v) is 3.62. The summed E-state index contributed by atoms with van der Waals surface area (Å²) in [7, 11) is -1.52. The molecule has 5 heteroatoms. The van der Waals surface area contributed by atoms with Gasteiger partial charge in [0.05, 0.1) is 5.75 Å². The molecule has 12 heavy (non-hydrogen) atoms. The van der Waals surface area contributed by atoms with Crippen molar-refractivity contribution < 1.29 is 13.5 Å². The Balaban J connectivity index is 3.98. The Bertz CT molecular complexity index is 201. The van der Waals surface area contributed by atoms with Gasteiger partial charge < -0.3 is 5.11 Å². The minimum absolute atomic E-state index is 0.0337.